The highest BCUT2D eigenvalue weighted by molar-refractivity contribution is 5.92. The number of aliphatic imine (C=N–C) groups is 1. The number of benzene rings is 1. The van der Waals surface area contributed by atoms with Gasteiger partial charge in [0, 0.05) is 11.2 Å². The zero-order chi connectivity index (χ0) is 14.4. The molecule has 4 heteroatoms. The molecule has 1 aliphatic rings. The number of nitrogens with zero attached hydrogens (tertiary/aromatic N) is 2. The molecule has 0 aromatic heterocycles. The average molecular weight is 274 g/mol. The van der Waals surface area contributed by atoms with Gasteiger partial charge in [-0.3, -0.25) is 9.89 Å². The van der Waals surface area contributed by atoms with Crippen LogP contribution < -0.4 is 11.1 Å². The second-order valence-electron chi connectivity index (χ2n) is 6.05. The van der Waals surface area contributed by atoms with Crippen LogP contribution in [-0.2, 0) is 0 Å². The summed E-state index contributed by atoms with van der Waals surface area (Å²) in [6.07, 6.45) is 3.95. The van der Waals surface area contributed by atoms with Crippen LogP contribution in [0.2, 0.25) is 0 Å². The monoisotopic (exact) mass is 274 g/mol. The molecule has 1 saturated heterocycles. The molecule has 110 valence electrons. The van der Waals surface area contributed by atoms with Crippen LogP contribution in [0, 0.1) is 0 Å². The largest absolute Gasteiger partial charge is 0.370 e. The van der Waals surface area contributed by atoms with Crippen LogP contribution in [-0.4, -0.2) is 36.0 Å². The molecule has 1 aromatic rings. The predicted molar refractivity (Wildman–Crippen MR) is 86.1 cm³/mol. The molecule has 4 nitrogen and oxygen atoms in total. The van der Waals surface area contributed by atoms with Crippen molar-refractivity contribution in [2.45, 2.75) is 38.6 Å². The van der Waals surface area contributed by atoms with Crippen LogP contribution in [0.25, 0.3) is 0 Å². The molecule has 20 heavy (non-hydrogen) atoms. The van der Waals surface area contributed by atoms with E-state index in [1.165, 1.54) is 32.4 Å². The van der Waals surface area contributed by atoms with Crippen LogP contribution >= 0.6 is 0 Å². The average Bonchev–Trinajstić information content (AvgIpc) is 2.47. The highest BCUT2D eigenvalue weighted by Gasteiger charge is 2.27. The van der Waals surface area contributed by atoms with Gasteiger partial charge in [0.1, 0.15) is 0 Å². The number of likely N-dealkylation sites (tertiary alicyclic amines) is 1. The third-order valence-corrected chi connectivity index (χ3v) is 3.89. The first kappa shape index (κ1) is 14.9. The van der Waals surface area contributed by atoms with Gasteiger partial charge in [-0.1, -0.05) is 24.6 Å². The normalized spacial score (nSPS) is 18.0. The van der Waals surface area contributed by atoms with Gasteiger partial charge < -0.3 is 11.1 Å². The third-order valence-electron chi connectivity index (χ3n) is 3.89. The number of rotatable bonds is 4. The molecular weight excluding hydrogens is 248 g/mol. The summed E-state index contributed by atoms with van der Waals surface area (Å²) < 4.78 is 0. The number of guanidine groups is 1. The Morgan fingerprint density at radius 3 is 2.50 bits per heavy atom. The number of nitrogens with two attached hydrogens (primary N) is 1. The van der Waals surface area contributed by atoms with Gasteiger partial charge in [-0.05, 0) is 51.9 Å². The minimum atomic E-state index is 0.0728. The van der Waals surface area contributed by atoms with E-state index in [1.807, 2.05) is 30.3 Å². The number of anilines is 1. The number of hydrogen-bond donors (Lipinski definition) is 2. The number of hydrogen-bond acceptors (Lipinski definition) is 2. The van der Waals surface area contributed by atoms with Gasteiger partial charge in [0.05, 0.1) is 6.54 Å². The Balaban J connectivity index is 1.90. The van der Waals surface area contributed by atoms with Gasteiger partial charge in [-0.2, -0.15) is 0 Å². The van der Waals surface area contributed by atoms with Crippen molar-refractivity contribution >= 4 is 11.6 Å². The summed E-state index contributed by atoms with van der Waals surface area (Å²) >= 11 is 0. The molecule has 0 unspecified atom stereocenters. The van der Waals surface area contributed by atoms with E-state index in [-0.39, 0.29) is 5.54 Å². The smallest absolute Gasteiger partial charge is 0.193 e. The Labute approximate surface area is 122 Å². The minimum Gasteiger partial charge on any atom is -0.370 e. The van der Waals surface area contributed by atoms with Crippen LogP contribution in [0.15, 0.2) is 35.3 Å². The maximum atomic E-state index is 5.96. The predicted octanol–water partition coefficient (Wildman–Crippen LogP) is 2.68. The van der Waals surface area contributed by atoms with Gasteiger partial charge in [-0.15, -0.1) is 0 Å². The molecule has 0 aliphatic carbocycles. The lowest BCUT2D eigenvalue weighted by atomic mass is 9.99. The van der Waals surface area contributed by atoms with E-state index in [9.17, 15) is 0 Å². The lowest BCUT2D eigenvalue weighted by Gasteiger charge is -2.40. The van der Waals surface area contributed by atoms with Crippen LogP contribution in [0.5, 0.6) is 0 Å². The van der Waals surface area contributed by atoms with E-state index in [0.717, 1.165) is 12.2 Å². The Kier molecular flexibility index (Phi) is 5.01. The van der Waals surface area contributed by atoms with Crippen LogP contribution in [0.3, 0.4) is 0 Å². The van der Waals surface area contributed by atoms with Crippen molar-refractivity contribution in [3.63, 3.8) is 0 Å². The summed E-state index contributed by atoms with van der Waals surface area (Å²) in [4.78, 5) is 7.03. The molecule has 2 rings (SSSR count). The zero-order valence-corrected chi connectivity index (χ0v) is 12.6. The molecular formula is C16H26N4. The van der Waals surface area contributed by atoms with Gasteiger partial charge in [0.25, 0.3) is 0 Å². The Morgan fingerprint density at radius 1 is 1.20 bits per heavy atom. The molecule has 1 aromatic carbocycles. The van der Waals surface area contributed by atoms with Crippen molar-refractivity contribution in [1.29, 1.82) is 0 Å². The van der Waals surface area contributed by atoms with Crippen LogP contribution in [0.1, 0.15) is 33.1 Å². The molecule has 0 saturated carbocycles. The lowest BCUT2D eigenvalue weighted by molar-refractivity contribution is 0.102. The minimum absolute atomic E-state index is 0.0728. The molecule has 0 amide bonds. The van der Waals surface area contributed by atoms with Gasteiger partial charge >= 0.3 is 0 Å². The van der Waals surface area contributed by atoms with E-state index in [4.69, 9.17) is 5.73 Å². The van der Waals surface area contributed by atoms with E-state index in [2.05, 4.69) is 29.1 Å². The molecule has 0 atom stereocenters. The van der Waals surface area contributed by atoms with Crippen LogP contribution in [0.4, 0.5) is 5.69 Å². The SMILES string of the molecule is CC(C)(CN=C(N)Nc1ccccc1)N1CCCCC1. The van der Waals surface area contributed by atoms with Crippen molar-refractivity contribution < 1.29 is 0 Å². The molecule has 0 spiro atoms. The second kappa shape index (κ2) is 6.75. The van der Waals surface area contributed by atoms with Crippen molar-refractivity contribution in [1.82, 2.24) is 4.90 Å². The van der Waals surface area contributed by atoms with Crippen molar-refractivity contribution in [3.8, 4) is 0 Å². The van der Waals surface area contributed by atoms with E-state index >= 15 is 0 Å². The summed E-state index contributed by atoms with van der Waals surface area (Å²) in [6, 6.07) is 9.91. The third kappa shape index (κ3) is 4.23. The highest BCUT2D eigenvalue weighted by Crippen LogP contribution is 2.20. The summed E-state index contributed by atoms with van der Waals surface area (Å²) in [5, 5.41) is 3.13. The highest BCUT2D eigenvalue weighted by atomic mass is 15.2. The summed E-state index contributed by atoms with van der Waals surface area (Å²) in [6.45, 7) is 7.57. The number of nitrogens with one attached hydrogen (secondary N) is 1. The zero-order valence-electron chi connectivity index (χ0n) is 12.6. The van der Waals surface area contributed by atoms with Gasteiger partial charge in [0.15, 0.2) is 5.96 Å². The quantitative estimate of drug-likeness (QED) is 0.655. The molecule has 1 heterocycles. The topological polar surface area (TPSA) is 53.6 Å². The summed E-state index contributed by atoms with van der Waals surface area (Å²) in [5.41, 5.74) is 7.01. The number of para-hydroxylation sites is 1. The maximum absolute atomic E-state index is 5.96. The van der Waals surface area contributed by atoms with Gasteiger partial charge in [-0.25, -0.2) is 0 Å². The van der Waals surface area contributed by atoms with E-state index in [0.29, 0.717) is 5.96 Å². The van der Waals surface area contributed by atoms with Crippen molar-refractivity contribution in [3.05, 3.63) is 30.3 Å². The fourth-order valence-corrected chi connectivity index (χ4v) is 2.59. The Morgan fingerprint density at radius 2 is 1.85 bits per heavy atom. The van der Waals surface area contributed by atoms with Crippen molar-refractivity contribution in [2.75, 3.05) is 25.0 Å². The summed E-state index contributed by atoms with van der Waals surface area (Å²) in [5.74, 6) is 0.487. The fourth-order valence-electron chi connectivity index (χ4n) is 2.59. The molecule has 0 radical (unpaired) electrons. The van der Waals surface area contributed by atoms with E-state index < -0.39 is 0 Å². The molecule has 1 fully saturated rings. The maximum Gasteiger partial charge on any atom is 0.193 e. The molecule has 1 aliphatic heterocycles. The Bertz CT molecular complexity index is 433. The second-order valence-corrected chi connectivity index (χ2v) is 6.05. The number of piperidine rings is 1. The van der Waals surface area contributed by atoms with Gasteiger partial charge in [0.2, 0.25) is 0 Å². The first-order chi connectivity index (χ1) is 9.58. The first-order valence-corrected chi connectivity index (χ1v) is 7.45. The Hall–Kier alpha value is -1.55. The van der Waals surface area contributed by atoms with E-state index in [1.54, 1.807) is 0 Å². The lowest BCUT2D eigenvalue weighted by Crippen LogP contribution is -2.49. The van der Waals surface area contributed by atoms with Crippen molar-refractivity contribution in [2.24, 2.45) is 10.7 Å². The molecule has 0 bridgehead atoms. The fraction of sp³-hybridized carbons (Fsp3) is 0.562. The summed E-state index contributed by atoms with van der Waals surface area (Å²) in [7, 11) is 0. The standard InChI is InChI=1S/C16H26N4/c1-16(2,20-11-7-4-8-12-20)13-18-15(17)19-14-9-5-3-6-10-14/h3,5-6,9-10H,4,7-8,11-13H2,1-2H3,(H3,17,18,19). The first-order valence-electron chi connectivity index (χ1n) is 7.45. The molecule has 3 N–H and O–H groups in total.